The minimum absolute atomic E-state index is 0.0500. The lowest BCUT2D eigenvalue weighted by Gasteiger charge is -2.08. The number of cyclic esters (lactones) is 1. The maximum absolute atomic E-state index is 11.7. The van der Waals surface area contributed by atoms with Crippen molar-refractivity contribution in [3.63, 3.8) is 0 Å². The van der Waals surface area contributed by atoms with Crippen molar-refractivity contribution in [3.8, 4) is 0 Å². The first-order chi connectivity index (χ1) is 9.61. The van der Waals surface area contributed by atoms with Gasteiger partial charge in [-0.1, -0.05) is 16.9 Å². The summed E-state index contributed by atoms with van der Waals surface area (Å²) in [5.74, 6) is -1.49. The van der Waals surface area contributed by atoms with Gasteiger partial charge in [0.2, 0.25) is 5.91 Å². The molecule has 0 bridgehead atoms. The van der Waals surface area contributed by atoms with E-state index in [2.05, 4.69) is 19.7 Å². The molecule has 2 rings (SSSR count). The van der Waals surface area contributed by atoms with E-state index in [0.29, 0.717) is 0 Å². The number of hydrogen-bond acceptors (Lipinski definition) is 9. The van der Waals surface area contributed by atoms with Crippen LogP contribution in [0.15, 0.2) is 9.64 Å². The van der Waals surface area contributed by atoms with Gasteiger partial charge in [-0.05, 0) is 6.92 Å². The predicted octanol–water partition coefficient (Wildman–Crippen LogP) is 0.317. The summed E-state index contributed by atoms with van der Waals surface area (Å²) in [7, 11) is 0. The first-order valence-corrected chi connectivity index (χ1v) is 6.71. The molecule has 9 nitrogen and oxygen atoms in total. The summed E-state index contributed by atoms with van der Waals surface area (Å²) in [6.45, 7) is 2.27. The molecule has 1 aliphatic rings. The van der Waals surface area contributed by atoms with Crippen molar-refractivity contribution in [2.24, 2.45) is 0 Å². The molecule has 0 spiro atoms. The Labute approximate surface area is 117 Å². The van der Waals surface area contributed by atoms with Crippen molar-refractivity contribution < 1.29 is 28.3 Å². The molecule has 1 saturated heterocycles. The molecule has 2 heterocycles. The highest BCUT2D eigenvalue weighted by atomic mass is 32.2. The largest absolute Gasteiger partial charge is 0.459 e. The van der Waals surface area contributed by atoms with Crippen LogP contribution < -0.4 is 0 Å². The number of aromatic nitrogens is 2. The number of nitrogens with zero attached hydrogens (tertiary/aromatic N) is 3. The van der Waals surface area contributed by atoms with Crippen molar-refractivity contribution in [1.82, 2.24) is 15.1 Å². The van der Waals surface area contributed by atoms with Crippen LogP contribution in [-0.2, 0) is 14.3 Å². The Kier molecular flexibility index (Phi) is 4.56. The van der Waals surface area contributed by atoms with Gasteiger partial charge in [0.1, 0.15) is 6.61 Å². The van der Waals surface area contributed by atoms with Gasteiger partial charge in [0.15, 0.2) is 0 Å². The van der Waals surface area contributed by atoms with Gasteiger partial charge in [0.25, 0.3) is 5.22 Å². The second-order valence-corrected chi connectivity index (χ2v) is 4.47. The summed E-state index contributed by atoms with van der Waals surface area (Å²) in [6.07, 6.45) is -0.659. The third kappa shape index (κ3) is 3.26. The average molecular weight is 301 g/mol. The maximum atomic E-state index is 11.7. The fourth-order valence-corrected chi connectivity index (χ4v) is 2.00. The lowest BCUT2D eigenvalue weighted by atomic mass is 10.5. The smallest absolute Gasteiger partial charge is 0.416 e. The fourth-order valence-electron chi connectivity index (χ4n) is 1.36. The minimum Gasteiger partial charge on any atom is -0.459 e. The third-order valence-corrected chi connectivity index (χ3v) is 3.04. The van der Waals surface area contributed by atoms with Crippen molar-refractivity contribution in [2.45, 2.75) is 12.1 Å². The van der Waals surface area contributed by atoms with Crippen molar-refractivity contribution >= 4 is 29.7 Å². The van der Waals surface area contributed by atoms with E-state index in [9.17, 15) is 14.4 Å². The molecule has 108 valence electrons. The van der Waals surface area contributed by atoms with Crippen molar-refractivity contribution in [1.29, 1.82) is 0 Å². The van der Waals surface area contributed by atoms with Crippen LogP contribution >= 0.6 is 11.8 Å². The van der Waals surface area contributed by atoms with E-state index >= 15 is 0 Å². The second kappa shape index (κ2) is 6.37. The van der Waals surface area contributed by atoms with E-state index < -0.39 is 18.0 Å². The van der Waals surface area contributed by atoms with Gasteiger partial charge in [0.05, 0.1) is 18.9 Å². The topological polar surface area (TPSA) is 112 Å². The number of amides is 2. The van der Waals surface area contributed by atoms with Gasteiger partial charge in [-0.3, -0.25) is 4.79 Å². The summed E-state index contributed by atoms with van der Waals surface area (Å²) in [5.41, 5.74) is 0. The molecule has 0 aliphatic carbocycles. The van der Waals surface area contributed by atoms with Gasteiger partial charge in [-0.25, -0.2) is 14.5 Å². The summed E-state index contributed by atoms with van der Waals surface area (Å²) in [6, 6.07) is 0. The summed E-state index contributed by atoms with van der Waals surface area (Å²) in [4.78, 5) is 35.1. The summed E-state index contributed by atoms with van der Waals surface area (Å²) < 4.78 is 14.3. The first-order valence-electron chi connectivity index (χ1n) is 5.72. The highest BCUT2D eigenvalue weighted by molar-refractivity contribution is 7.99. The van der Waals surface area contributed by atoms with Crippen LogP contribution in [0.25, 0.3) is 0 Å². The van der Waals surface area contributed by atoms with Crippen LogP contribution in [-0.4, -0.2) is 58.6 Å². The highest BCUT2D eigenvalue weighted by Crippen LogP contribution is 2.18. The molecule has 1 aliphatic heterocycles. The Balaban J connectivity index is 1.86. The molecule has 20 heavy (non-hydrogen) atoms. The molecule has 1 fully saturated rings. The molecule has 0 radical (unpaired) electrons. The van der Waals surface area contributed by atoms with Crippen LogP contribution in [0, 0.1) is 0 Å². The van der Waals surface area contributed by atoms with Gasteiger partial charge >= 0.3 is 18.0 Å². The SMILES string of the molecule is CCOC(=O)c1nnc(SCC(=O)N2CCOC2=O)o1. The van der Waals surface area contributed by atoms with Crippen LogP contribution in [0.3, 0.4) is 0 Å². The molecular formula is C10H11N3O6S. The van der Waals surface area contributed by atoms with Crippen LogP contribution in [0.4, 0.5) is 4.79 Å². The molecule has 1 aromatic rings. The molecule has 0 unspecified atom stereocenters. The fraction of sp³-hybridized carbons (Fsp3) is 0.500. The number of thioether (sulfide) groups is 1. The molecule has 1 aromatic heterocycles. The molecule has 0 atom stereocenters. The summed E-state index contributed by atoms with van der Waals surface area (Å²) >= 11 is 0.927. The van der Waals surface area contributed by atoms with E-state index in [4.69, 9.17) is 4.42 Å². The Morgan fingerprint density at radius 3 is 2.90 bits per heavy atom. The van der Waals surface area contributed by atoms with Crippen molar-refractivity contribution in [3.05, 3.63) is 5.89 Å². The second-order valence-electron chi connectivity index (χ2n) is 3.54. The van der Waals surface area contributed by atoms with Gasteiger partial charge in [-0.15, -0.1) is 5.10 Å². The predicted molar refractivity (Wildman–Crippen MR) is 64.0 cm³/mol. The highest BCUT2D eigenvalue weighted by Gasteiger charge is 2.28. The number of esters is 1. The monoisotopic (exact) mass is 301 g/mol. The Hall–Kier alpha value is -2.10. The average Bonchev–Trinajstić information content (AvgIpc) is 3.05. The van der Waals surface area contributed by atoms with E-state index in [1.807, 2.05) is 0 Å². The Bertz CT molecular complexity index is 531. The van der Waals surface area contributed by atoms with E-state index in [-0.39, 0.29) is 36.6 Å². The molecule has 10 heteroatoms. The molecule has 0 saturated carbocycles. The number of carbonyl (C=O) groups excluding carboxylic acids is 3. The zero-order chi connectivity index (χ0) is 14.5. The zero-order valence-corrected chi connectivity index (χ0v) is 11.3. The minimum atomic E-state index is -0.721. The third-order valence-electron chi connectivity index (χ3n) is 2.24. The number of rotatable bonds is 5. The van der Waals surface area contributed by atoms with E-state index in [0.717, 1.165) is 16.7 Å². The van der Waals surface area contributed by atoms with Crippen LogP contribution in [0.5, 0.6) is 0 Å². The van der Waals surface area contributed by atoms with Crippen LogP contribution in [0.2, 0.25) is 0 Å². The normalized spacial score (nSPS) is 14.2. The molecule has 0 N–H and O–H groups in total. The number of hydrogen-bond donors (Lipinski definition) is 0. The zero-order valence-electron chi connectivity index (χ0n) is 10.5. The van der Waals surface area contributed by atoms with Crippen molar-refractivity contribution in [2.75, 3.05) is 25.5 Å². The molecular weight excluding hydrogens is 290 g/mol. The van der Waals surface area contributed by atoms with E-state index in [1.165, 1.54) is 0 Å². The van der Waals surface area contributed by atoms with Crippen LogP contribution in [0.1, 0.15) is 17.6 Å². The summed E-state index contributed by atoms with van der Waals surface area (Å²) in [5, 5.41) is 7.14. The number of imide groups is 1. The standard InChI is InChI=1S/C10H11N3O6S/c1-2-17-8(15)7-11-12-9(19-7)20-5-6(14)13-3-4-18-10(13)16/h2-5H2,1H3. The molecule has 2 amide bonds. The van der Waals surface area contributed by atoms with E-state index in [1.54, 1.807) is 6.92 Å². The number of carbonyl (C=O) groups is 3. The Morgan fingerprint density at radius 2 is 2.25 bits per heavy atom. The quantitative estimate of drug-likeness (QED) is 0.560. The van der Waals surface area contributed by atoms with Gasteiger partial charge in [-0.2, -0.15) is 0 Å². The number of ether oxygens (including phenoxy) is 2. The lowest BCUT2D eigenvalue weighted by Crippen LogP contribution is -2.32. The first kappa shape index (κ1) is 14.3. The van der Waals surface area contributed by atoms with Gasteiger partial charge < -0.3 is 13.9 Å². The Morgan fingerprint density at radius 1 is 1.45 bits per heavy atom. The van der Waals surface area contributed by atoms with Gasteiger partial charge in [0, 0.05) is 0 Å². The lowest BCUT2D eigenvalue weighted by molar-refractivity contribution is -0.125. The molecule has 0 aromatic carbocycles. The maximum Gasteiger partial charge on any atom is 0.416 e.